The summed E-state index contributed by atoms with van der Waals surface area (Å²) in [4.78, 5) is 19.8. The van der Waals surface area contributed by atoms with Crippen LogP contribution < -0.4 is 10.1 Å². The van der Waals surface area contributed by atoms with E-state index in [1.165, 1.54) is 26.6 Å². The van der Waals surface area contributed by atoms with Crippen molar-refractivity contribution in [2.24, 2.45) is 0 Å². The van der Waals surface area contributed by atoms with Crippen LogP contribution in [0.4, 0.5) is 10.5 Å². The monoisotopic (exact) mass is 512 g/mol. The predicted molar refractivity (Wildman–Crippen MR) is 149 cm³/mol. The maximum absolute atomic E-state index is 14.0. The molecule has 1 atom stereocenters. The zero-order chi connectivity index (χ0) is 25.5. The van der Waals surface area contributed by atoms with Gasteiger partial charge < -0.3 is 24.4 Å². The second-order valence-electron chi connectivity index (χ2n) is 9.86. The number of hydrogen-bond donors (Lipinski definition) is 1. The molecule has 6 rings (SSSR count). The summed E-state index contributed by atoms with van der Waals surface area (Å²) in [5.41, 5.74) is 6.90. The number of aromatic nitrogens is 1. The predicted octanol–water partition coefficient (Wildman–Crippen LogP) is 6.23. The Bertz CT molecular complexity index is 1420. The Kier molecular flexibility index (Phi) is 6.26. The van der Waals surface area contributed by atoms with E-state index in [9.17, 15) is 4.79 Å². The van der Waals surface area contributed by atoms with E-state index in [4.69, 9.17) is 4.74 Å². The van der Waals surface area contributed by atoms with Crippen molar-refractivity contribution < 1.29 is 9.53 Å². The molecule has 0 radical (unpaired) electrons. The number of benzene rings is 2. The van der Waals surface area contributed by atoms with Gasteiger partial charge in [0.05, 0.1) is 25.4 Å². The molecule has 2 aromatic heterocycles. The van der Waals surface area contributed by atoms with Gasteiger partial charge in [-0.15, -0.1) is 11.3 Å². The lowest BCUT2D eigenvalue weighted by Crippen LogP contribution is -2.38. The molecule has 0 spiro atoms. The summed E-state index contributed by atoms with van der Waals surface area (Å²) in [6.45, 7) is 4.69. The third-order valence-electron chi connectivity index (χ3n) is 7.56. The van der Waals surface area contributed by atoms with Crippen LogP contribution in [0.15, 0.2) is 66.9 Å². The summed E-state index contributed by atoms with van der Waals surface area (Å²) < 4.78 is 7.72. The first-order chi connectivity index (χ1) is 18.1. The molecule has 37 heavy (non-hydrogen) atoms. The second-order valence-corrected chi connectivity index (χ2v) is 10.9. The maximum atomic E-state index is 14.0. The Balaban J connectivity index is 1.46. The molecule has 2 aliphatic heterocycles. The van der Waals surface area contributed by atoms with Gasteiger partial charge in [0, 0.05) is 35.4 Å². The van der Waals surface area contributed by atoms with Crippen LogP contribution in [0.25, 0.3) is 5.00 Å². The van der Waals surface area contributed by atoms with E-state index in [2.05, 4.69) is 71.4 Å². The van der Waals surface area contributed by atoms with Crippen molar-refractivity contribution in [1.29, 1.82) is 0 Å². The van der Waals surface area contributed by atoms with Crippen molar-refractivity contribution in [2.45, 2.75) is 38.9 Å². The highest BCUT2D eigenvalue weighted by Crippen LogP contribution is 2.43. The number of aryl methyl sites for hydroxylation is 1. The first-order valence-electron chi connectivity index (χ1n) is 12.9. The van der Waals surface area contributed by atoms with E-state index in [1.54, 1.807) is 7.11 Å². The van der Waals surface area contributed by atoms with Crippen LogP contribution >= 0.6 is 11.3 Å². The number of fused-ring (bicyclic) bond motifs is 5. The number of carbonyl (C=O) groups excluding carboxylic acids is 1. The average molecular weight is 513 g/mol. The van der Waals surface area contributed by atoms with Gasteiger partial charge >= 0.3 is 6.03 Å². The van der Waals surface area contributed by atoms with E-state index in [0.29, 0.717) is 6.54 Å². The topological polar surface area (TPSA) is 49.7 Å². The van der Waals surface area contributed by atoms with E-state index in [1.807, 2.05) is 40.5 Å². The molecule has 4 heterocycles. The van der Waals surface area contributed by atoms with Crippen LogP contribution in [0.2, 0.25) is 0 Å². The van der Waals surface area contributed by atoms with Crippen molar-refractivity contribution in [1.82, 2.24) is 14.4 Å². The Morgan fingerprint density at radius 2 is 1.84 bits per heavy atom. The van der Waals surface area contributed by atoms with Crippen LogP contribution in [0.5, 0.6) is 5.75 Å². The number of ether oxygens (including phenoxy) is 1. The standard InChI is InChI=1S/C30H32N4O2S/c1-4-20-7-11-22(12-8-20)31-30(35)34-18-25-24-15-17-32(2)19-27(24)37-29(25)33-16-5-6-26(33)28(34)21-9-13-23(36-3)14-10-21/h5-14,16,28H,4,15,17-19H2,1-3H3,(H,31,35). The fourth-order valence-corrected chi connectivity index (χ4v) is 6.95. The van der Waals surface area contributed by atoms with Gasteiger partial charge in [-0.3, -0.25) is 0 Å². The summed E-state index contributed by atoms with van der Waals surface area (Å²) in [5, 5.41) is 4.43. The molecule has 2 amide bonds. The fourth-order valence-electron chi connectivity index (χ4n) is 5.51. The molecular formula is C30H32N4O2S. The zero-order valence-electron chi connectivity index (χ0n) is 21.5. The van der Waals surface area contributed by atoms with Crippen molar-refractivity contribution >= 4 is 23.1 Å². The largest absolute Gasteiger partial charge is 0.497 e. The first kappa shape index (κ1) is 23.8. The number of methoxy groups -OCH3 is 1. The summed E-state index contributed by atoms with van der Waals surface area (Å²) in [5.74, 6) is 0.803. The van der Waals surface area contributed by atoms with Crippen LogP contribution in [-0.2, 0) is 25.9 Å². The summed E-state index contributed by atoms with van der Waals surface area (Å²) in [6, 6.07) is 20.1. The van der Waals surface area contributed by atoms with E-state index < -0.39 is 0 Å². The minimum atomic E-state index is -0.239. The van der Waals surface area contributed by atoms with Crippen molar-refractivity contribution in [3.63, 3.8) is 0 Å². The highest BCUT2D eigenvalue weighted by Gasteiger charge is 2.36. The number of carbonyl (C=O) groups is 1. The number of urea groups is 1. The molecule has 4 aromatic rings. The van der Waals surface area contributed by atoms with E-state index in [0.717, 1.165) is 48.6 Å². The molecule has 1 N–H and O–H groups in total. The Morgan fingerprint density at radius 1 is 1.05 bits per heavy atom. The minimum Gasteiger partial charge on any atom is -0.497 e. The third-order valence-corrected chi connectivity index (χ3v) is 8.82. The van der Waals surface area contributed by atoms with E-state index in [-0.39, 0.29) is 12.1 Å². The molecule has 0 fully saturated rings. The third kappa shape index (κ3) is 4.32. The lowest BCUT2D eigenvalue weighted by Gasteiger charge is -2.32. The summed E-state index contributed by atoms with van der Waals surface area (Å²) >= 11 is 1.87. The number of rotatable bonds is 4. The number of amides is 2. The molecular weight excluding hydrogens is 480 g/mol. The molecule has 7 heteroatoms. The average Bonchev–Trinajstić information content (AvgIpc) is 3.50. The fraction of sp³-hybridized carbons (Fsp3) is 0.300. The molecule has 6 nitrogen and oxygen atoms in total. The van der Waals surface area contributed by atoms with Crippen molar-refractivity contribution in [3.05, 3.63) is 99.7 Å². The lowest BCUT2D eigenvalue weighted by atomic mass is 10.00. The van der Waals surface area contributed by atoms with Crippen LogP contribution in [0.1, 0.15) is 45.8 Å². The van der Waals surface area contributed by atoms with E-state index >= 15 is 0 Å². The molecule has 0 saturated heterocycles. The number of thiophene rings is 1. The van der Waals surface area contributed by atoms with Gasteiger partial charge in [0.2, 0.25) is 0 Å². The molecule has 0 saturated carbocycles. The number of hydrogen-bond acceptors (Lipinski definition) is 4. The molecule has 0 bridgehead atoms. The number of nitrogens with one attached hydrogen (secondary N) is 1. The Labute approximate surface area is 222 Å². The van der Waals surface area contributed by atoms with Crippen LogP contribution in [0, 0.1) is 0 Å². The molecule has 2 aromatic carbocycles. The van der Waals surface area contributed by atoms with Gasteiger partial charge in [0.15, 0.2) is 0 Å². The summed E-state index contributed by atoms with van der Waals surface area (Å²) in [7, 11) is 3.85. The van der Waals surface area contributed by atoms with Crippen molar-refractivity contribution in [2.75, 3.05) is 26.0 Å². The Hall–Kier alpha value is -3.55. The number of likely N-dealkylation sites (N-methyl/N-ethyl adjacent to an activating group) is 1. The SMILES string of the molecule is CCc1ccc(NC(=O)N2Cc3c(sc4c3CCN(C)C4)-n3cccc3C2c2ccc(OC)cc2)cc1. The van der Waals surface area contributed by atoms with Gasteiger partial charge in [0.1, 0.15) is 10.8 Å². The maximum Gasteiger partial charge on any atom is 0.322 e. The lowest BCUT2D eigenvalue weighted by molar-refractivity contribution is 0.194. The highest BCUT2D eigenvalue weighted by molar-refractivity contribution is 7.15. The molecule has 1 unspecified atom stereocenters. The minimum absolute atomic E-state index is 0.0986. The van der Waals surface area contributed by atoms with Gasteiger partial charge in [-0.1, -0.05) is 31.2 Å². The smallest absolute Gasteiger partial charge is 0.322 e. The number of anilines is 1. The Morgan fingerprint density at radius 3 is 2.57 bits per heavy atom. The number of nitrogens with zero attached hydrogens (tertiary/aromatic N) is 3. The van der Waals surface area contributed by atoms with Crippen LogP contribution in [-0.4, -0.2) is 41.1 Å². The zero-order valence-corrected chi connectivity index (χ0v) is 22.3. The normalized spacial score (nSPS) is 16.9. The molecule has 190 valence electrons. The van der Waals surface area contributed by atoms with Gasteiger partial charge in [0.25, 0.3) is 0 Å². The molecule has 0 aliphatic carbocycles. The highest BCUT2D eigenvalue weighted by atomic mass is 32.1. The second kappa shape index (κ2) is 9.72. The van der Waals surface area contributed by atoms with Gasteiger partial charge in [-0.05, 0) is 73.0 Å². The van der Waals surface area contributed by atoms with Crippen LogP contribution in [0.3, 0.4) is 0 Å². The van der Waals surface area contributed by atoms with Gasteiger partial charge in [-0.25, -0.2) is 4.79 Å². The quantitative estimate of drug-likeness (QED) is 0.352. The van der Waals surface area contributed by atoms with Gasteiger partial charge in [-0.2, -0.15) is 0 Å². The molecule has 2 aliphatic rings. The first-order valence-corrected chi connectivity index (χ1v) is 13.7. The van der Waals surface area contributed by atoms with Crippen molar-refractivity contribution in [3.8, 4) is 10.8 Å². The summed E-state index contributed by atoms with van der Waals surface area (Å²) in [6.07, 6.45) is 4.12.